The molecule has 0 aromatic carbocycles. The van der Waals surface area contributed by atoms with Crippen LogP contribution in [-0.2, 0) is 9.59 Å². The van der Waals surface area contributed by atoms with Crippen molar-refractivity contribution in [3.05, 3.63) is 0 Å². The Bertz CT molecular complexity index is 252. The summed E-state index contributed by atoms with van der Waals surface area (Å²) in [5.74, 6) is -0.0428. The molecule has 0 saturated carbocycles. The topological polar surface area (TPSA) is 57.6 Å². The minimum atomic E-state index is -0.727. The number of carboxylic acids is 1. The first kappa shape index (κ1) is 12.0. The van der Waals surface area contributed by atoms with Gasteiger partial charge in [0, 0.05) is 26.4 Å². The molecule has 0 aromatic heterocycles. The molecule has 1 aliphatic heterocycles. The molecule has 0 radical (unpaired) electrons. The van der Waals surface area contributed by atoms with Crippen molar-refractivity contribution in [2.45, 2.75) is 33.1 Å². The maximum atomic E-state index is 11.2. The molecule has 1 aliphatic rings. The lowest BCUT2D eigenvalue weighted by atomic mass is 9.81. The Kier molecular flexibility index (Phi) is 4.12. The molecule has 15 heavy (non-hydrogen) atoms. The summed E-state index contributed by atoms with van der Waals surface area (Å²) >= 11 is 0. The molecule has 1 heterocycles. The number of hydrogen-bond acceptors (Lipinski definition) is 2. The Hall–Kier alpha value is -1.06. The van der Waals surface area contributed by atoms with Gasteiger partial charge in [-0.2, -0.15) is 0 Å². The van der Waals surface area contributed by atoms with E-state index in [9.17, 15) is 9.59 Å². The highest BCUT2D eigenvalue weighted by molar-refractivity contribution is 5.73. The highest BCUT2D eigenvalue weighted by atomic mass is 16.4. The Morgan fingerprint density at radius 1 is 1.40 bits per heavy atom. The summed E-state index contributed by atoms with van der Waals surface area (Å²) in [5, 5.41) is 8.77. The summed E-state index contributed by atoms with van der Waals surface area (Å²) in [4.78, 5) is 23.7. The molecule has 1 rings (SSSR count). The second-order valence-electron chi connectivity index (χ2n) is 4.28. The van der Waals surface area contributed by atoms with Crippen molar-refractivity contribution in [3.63, 3.8) is 0 Å². The third-order valence-corrected chi connectivity index (χ3v) is 3.30. The standard InChI is InChI=1S/C11H19NO3/c1-3-9-7-12(8(2)13)5-4-10(9)6-11(14)15/h9-10H,3-7H2,1-2H3,(H,14,15)/t9-,10-/m0/s1. The zero-order valence-electron chi connectivity index (χ0n) is 9.40. The number of carbonyl (C=O) groups excluding carboxylic acids is 1. The molecule has 1 fully saturated rings. The maximum Gasteiger partial charge on any atom is 0.303 e. The van der Waals surface area contributed by atoms with Gasteiger partial charge in [0.05, 0.1) is 0 Å². The van der Waals surface area contributed by atoms with Crippen molar-refractivity contribution in [2.24, 2.45) is 11.8 Å². The van der Waals surface area contributed by atoms with Gasteiger partial charge >= 0.3 is 5.97 Å². The number of aliphatic carboxylic acids is 1. The summed E-state index contributed by atoms with van der Waals surface area (Å²) in [7, 11) is 0. The zero-order chi connectivity index (χ0) is 11.4. The van der Waals surface area contributed by atoms with Crippen LogP contribution in [0.1, 0.15) is 33.1 Å². The maximum absolute atomic E-state index is 11.2. The second kappa shape index (κ2) is 5.14. The van der Waals surface area contributed by atoms with E-state index in [1.165, 1.54) is 0 Å². The molecule has 1 amide bonds. The Morgan fingerprint density at radius 2 is 2.07 bits per heavy atom. The van der Waals surface area contributed by atoms with Crippen LogP contribution in [0.4, 0.5) is 0 Å². The van der Waals surface area contributed by atoms with E-state index in [0.29, 0.717) is 12.5 Å². The van der Waals surface area contributed by atoms with Gasteiger partial charge in [0.1, 0.15) is 0 Å². The number of likely N-dealkylation sites (tertiary alicyclic amines) is 1. The van der Waals surface area contributed by atoms with Gasteiger partial charge in [-0.3, -0.25) is 9.59 Å². The van der Waals surface area contributed by atoms with Gasteiger partial charge < -0.3 is 10.0 Å². The number of nitrogens with zero attached hydrogens (tertiary/aromatic N) is 1. The lowest BCUT2D eigenvalue weighted by Gasteiger charge is -2.37. The van der Waals surface area contributed by atoms with Crippen molar-refractivity contribution in [2.75, 3.05) is 13.1 Å². The lowest BCUT2D eigenvalue weighted by Crippen LogP contribution is -2.43. The summed E-state index contributed by atoms with van der Waals surface area (Å²) in [6.45, 7) is 5.07. The van der Waals surface area contributed by atoms with Crippen molar-refractivity contribution in [1.29, 1.82) is 0 Å². The molecule has 1 N–H and O–H groups in total. The average molecular weight is 213 g/mol. The fourth-order valence-electron chi connectivity index (χ4n) is 2.32. The smallest absolute Gasteiger partial charge is 0.303 e. The zero-order valence-corrected chi connectivity index (χ0v) is 9.40. The van der Waals surface area contributed by atoms with E-state index < -0.39 is 5.97 Å². The van der Waals surface area contributed by atoms with E-state index in [4.69, 9.17) is 5.11 Å². The Morgan fingerprint density at radius 3 is 2.53 bits per heavy atom. The van der Waals surface area contributed by atoms with Crippen LogP contribution >= 0.6 is 0 Å². The first-order valence-electron chi connectivity index (χ1n) is 5.51. The molecule has 0 bridgehead atoms. The third kappa shape index (κ3) is 3.22. The van der Waals surface area contributed by atoms with E-state index in [1.54, 1.807) is 6.92 Å². The number of carboxylic acid groups (broad SMARTS) is 1. The van der Waals surface area contributed by atoms with E-state index in [0.717, 1.165) is 19.4 Å². The number of hydrogen-bond donors (Lipinski definition) is 1. The third-order valence-electron chi connectivity index (χ3n) is 3.30. The van der Waals surface area contributed by atoms with Crippen LogP contribution in [0.5, 0.6) is 0 Å². The first-order valence-corrected chi connectivity index (χ1v) is 5.51. The fourth-order valence-corrected chi connectivity index (χ4v) is 2.32. The van der Waals surface area contributed by atoms with Gasteiger partial charge in [0.25, 0.3) is 0 Å². The van der Waals surface area contributed by atoms with Crippen LogP contribution in [0.15, 0.2) is 0 Å². The lowest BCUT2D eigenvalue weighted by molar-refractivity contribution is -0.139. The van der Waals surface area contributed by atoms with Gasteiger partial charge in [-0.25, -0.2) is 0 Å². The van der Waals surface area contributed by atoms with E-state index in [2.05, 4.69) is 6.92 Å². The molecular weight excluding hydrogens is 194 g/mol. The number of carbonyl (C=O) groups is 2. The van der Waals surface area contributed by atoms with Gasteiger partial charge in [0.2, 0.25) is 5.91 Å². The van der Waals surface area contributed by atoms with Crippen LogP contribution in [-0.4, -0.2) is 35.0 Å². The molecule has 4 heteroatoms. The normalized spacial score (nSPS) is 26.4. The number of amides is 1. The minimum absolute atomic E-state index is 0.0993. The Labute approximate surface area is 90.3 Å². The quantitative estimate of drug-likeness (QED) is 0.770. The number of rotatable bonds is 3. The predicted octanol–water partition coefficient (Wildman–Crippen LogP) is 1.36. The highest BCUT2D eigenvalue weighted by Crippen LogP contribution is 2.28. The first-order chi connectivity index (χ1) is 7.04. The summed E-state index contributed by atoms with van der Waals surface area (Å²) in [6, 6.07) is 0. The molecule has 1 saturated heterocycles. The van der Waals surface area contributed by atoms with Crippen molar-refractivity contribution < 1.29 is 14.7 Å². The van der Waals surface area contributed by atoms with Crippen LogP contribution in [0.3, 0.4) is 0 Å². The number of piperidine rings is 1. The van der Waals surface area contributed by atoms with Crippen molar-refractivity contribution in [1.82, 2.24) is 4.90 Å². The molecule has 0 aromatic rings. The van der Waals surface area contributed by atoms with Crippen molar-refractivity contribution in [3.8, 4) is 0 Å². The van der Waals surface area contributed by atoms with Crippen LogP contribution in [0, 0.1) is 11.8 Å². The monoisotopic (exact) mass is 213 g/mol. The molecular formula is C11H19NO3. The van der Waals surface area contributed by atoms with Gasteiger partial charge in [-0.1, -0.05) is 13.3 Å². The fraction of sp³-hybridized carbons (Fsp3) is 0.818. The van der Waals surface area contributed by atoms with Crippen LogP contribution in [0.25, 0.3) is 0 Å². The molecule has 0 unspecified atom stereocenters. The molecule has 0 spiro atoms. The molecule has 0 aliphatic carbocycles. The van der Waals surface area contributed by atoms with Crippen LogP contribution in [0.2, 0.25) is 0 Å². The van der Waals surface area contributed by atoms with Gasteiger partial charge in [-0.05, 0) is 18.3 Å². The SMILES string of the molecule is CC[C@H]1CN(C(C)=O)CC[C@H]1CC(=O)O. The molecule has 2 atom stereocenters. The largest absolute Gasteiger partial charge is 0.481 e. The van der Waals surface area contributed by atoms with E-state index in [-0.39, 0.29) is 18.2 Å². The van der Waals surface area contributed by atoms with Crippen LogP contribution < -0.4 is 0 Å². The molecule has 86 valence electrons. The van der Waals surface area contributed by atoms with Gasteiger partial charge in [0.15, 0.2) is 0 Å². The van der Waals surface area contributed by atoms with E-state index in [1.807, 2.05) is 4.90 Å². The summed E-state index contributed by atoms with van der Waals surface area (Å²) in [6.07, 6.45) is 2.01. The Balaban J connectivity index is 2.56. The van der Waals surface area contributed by atoms with Gasteiger partial charge in [-0.15, -0.1) is 0 Å². The van der Waals surface area contributed by atoms with Crippen molar-refractivity contribution >= 4 is 11.9 Å². The minimum Gasteiger partial charge on any atom is -0.481 e. The van der Waals surface area contributed by atoms with E-state index >= 15 is 0 Å². The second-order valence-corrected chi connectivity index (χ2v) is 4.28. The summed E-state index contributed by atoms with van der Waals surface area (Å²) in [5.41, 5.74) is 0. The molecule has 4 nitrogen and oxygen atoms in total. The predicted molar refractivity (Wildman–Crippen MR) is 56.4 cm³/mol. The summed E-state index contributed by atoms with van der Waals surface area (Å²) < 4.78 is 0. The highest BCUT2D eigenvalue weighted by Gasteiger charge is 2.30. The average Bonchev–Trinajstić information content (AvgIpc) is 2.17.